The summed E-state index contributed by atoms with van der Waals surface area (Å²) in [6, 6.07) is 12.7. The Hall–Kier alpha value is -2.49. The second-order valence-corrected chi connectivity index (χ2v) is 5.45. The quantitative estimate of drug-likeness (QED) is 0.910. The number of hydrogen-bond donors (Lipinski definition) is 2. The Labute approximate surface area is 129 Å². The van der Waals surface area contributed by atoms with Gasteiger partial charge in [0, 0.05) is 5.69 Å². The third kappa shape index (κ3) is 3.22. The van der Waals surface area contributed by atoms with Gasteiger partial charge in [-0.15, -0.1) is 0 Å². The minimum absolute atomic E-state index is 0.0346. The number of fused-ring (bicyclic) bond motifs is 1. The molecule has 0 spiro atoms. The Bertz CT molecular complexity index is 682. The number of carbonyl (C=O) groups is 1. The van der Waals surface area contributed by atoms with Gasteiger partial charge in [-0.2, -0.15) is 0 Å². The van der Waals surface area contributed by atoms with Crippen LogP contribution in [0.1, 0.15) is 24.0 Å². The summed E-state index contributed by atoms with van der Waals surface area (Å²) in [4.78, 5) is 12.1. The van der Waals surface area contributed by atoms with E-state index in [0.29, 0.717) is 5.75 Å². The molecule has 0 saturated carbocycles. The molecule has 1 aliphatic carbocycles. The van der Waals surface area contributed by atoms with Crippen molar-refractivity contribution in [1.29, 1.82) is 0 Å². The SMILES string of the molecule is O=C(COc1ccccc1O)Nc1cccc2c1CCCC2. The van der Waals surface area contributed by atoms with E-state index in [9.17, 15) is 9.90 Å². The van der Waals surface area contributed by atoms with Gasteiger partial charge in [-0.3, -0.25) is 4.79 Å². The number of phenols is 1. The second kappa shape index (κ2) is 6.52. The molecule has 0 heterocycles. The second-order valence-electron chi connectivity index (χ2n) is 5.45. The Morgan fingerprint density at radius 2 is 1.91 bits per heavy atom. The Kier molecular flexibility index (Phi) is 4.28. The van der Waals surface area contributed by atoms with E-state index in [1.165, 1.54) is 23.6 Å². The molecule has 0 aromatic heterocycles. The molecule has 0 fully saturated rings. The summed E-state index contributed by atoms with van der Waals surface area (Å²) >= 11 is 0. The Morgan fingerprint density at radius 1 is 1.09 bits per heavy atom. The van der Waals surface area contributed by atoms with Crippen LogP contribution in [0.4, 0.5) is 5.69 Å². The fourth-order valence-corrected chi connectivity index (χ4v) is 2.81. The summed E-state index contributed by atoms with van der Waals surface area (Å²) in [6.07, 6.45) is 4.45. The molecule has 3 rings (SSSR count). The van der Waals surface area contributed by atoms with E-state index in [0.717, 1.165) is 24.9 Å². The zero-order valence-corrected chi connectivity index (χ0v) is 12.3. The van der Waals surface area contributed by atoms with Crippen LogP contribution in [0.5, 0.6) is 11.5 Å². The fraction of sp³-hybridized carbons (Fsp3) is 0.278. The maximum absolute atomic E-state index is 12.1. The average Bonchev–Trinajstić information content (AvgIpc) is 2.54. The minimum Gasteiger partial charge on any atom is -0.504 e. The predicted molar refractivity (Wildman–Crippen MR) is 85.3 cm³/mol. The van der Waals surface area contributed by atoms with Crippen molar-refractivity contribution in [2.45, 2.75) is 25.7 Å². The van der Waals surface area contributed by atoms with Gasteiger partial charge in [0.15, 0.2) is 18.1 Å². The van der Waals surface area contributed by atoms with Crippen molar-refractivity contribution in [2.24, 2.45) is 0 Å². The van der Waals surface area contributed by atoms with Gasteiger partial charge in [0.25, 0.3) is 5.91 Å². The molecule has 114 valence electrons. The van der Waals surface area contributed by atoms with Gasteiger partial charge in [0.05, 0.1) is 0 Å². The number of benzene rings is 2. The predicted octanol–water partition coefficient (Wildman–Crippen LogP) is 3.29. The highest BCUT2D eigenvalue weighted by molar-refractivity contribution is 5.92. The lowest BCUT2D eigenvalue weighted by atomic mass is 9.90. The zero-order valence-electron chi connectivity index (χ0n) is 12.3. The van der Waals surface area contributed by atoms with Crippen LogP contribution >= 0.6 is 0 Å². The molecular formula is C18H19NO3. The number of anilines is 1. The molecule has 2 aromatic carbocycles. The summed E-state index contributed by atoms with van der Waals surface area (Å²) in [6.45, 7) is -0.124. The maximum Gasteiger partial charge on any atom is 0.262 e. The number of carbonyl (C=O) groups excluding carboxylic acids is 1. The topological polar surface area (TPSA) is 58.6 Å². The van der Waals surface area contributed by atoms with Crippen LogP contribution in [0, 0.1) is 0 Å². The summed E-state index contributed by atoms with van der Waals surface area (Å²) < 4.78 is 5.35. The normalized spacial score (nSPS) is 13.3. The molecule has 2 aromatic rings. The summed E-state index contributed by atoms with van der Waals surface area (Å²) in [7, 11) is 0. The largest absolute Gasteiger partial charge is 0.504 e. The van der Waals surface area contributed by atoms with E-state index in [1.807, 2.05) is 12.1 Å². The number of aryl methyl sites for hydroxylation is 1. The van der Waals surface area contributed by atoms with Crippen LogP contribution in [-0.4, -0.2) is 17.6 Å². The van der Waals surface area contributed by atoms with Crippen LogP contribution in [0.3, 0.4) is 0 Å². The lowest BCUT2D eigenvalue weighted by Crippen LogP contribution is -2.21. The third-order valence-electron chi connectivity index (χ3n) is 3.89. The Morgan fingerprint density at radius 3 is 2.77 bits per heavy atom. The van der Waals surface area contributed by atoms with E-state index < -0.39 is 0 Å². The average molecular weight is 297 g/mol. The summed E-state index contributed by atoms with van der Waals surface area (Å²) in [5, 5.41) is 12.5. The first-order valence-corrected chi connectivity index (χ1v) is 7.55. The van der Waals surface area contributed by atoms with Crippen molar-refractivity contribution < 1.29 is 14.6 Å². The minimum atomic E-state index is -0.220. The molecule has 0 saturated heterocycles. The van der Waals surface area contributed by atoms with Crippen LogP contribution in [-0.2, 0) is 17.6 Å². The summed E-state index contributed by atoms with van der Waals surface area (Å²) in [5.41, 5.74) is 3.44. The van der Waals surface area contributed by atoms with Crippen molar-refractivity contribution in [3.8, 4) is 11.5 Å². The Balaban J connectivity index is 1.64. The van der Waals surface area contributed by atoms with Crippen molar-refractivity contribution in [1.82, 2.24) is 0 Å². The van der Waals surface area contributed by atoms with Crippen LogP contribution in [0.2, 0.25) is 0 Å². The van der Waals surface area contributed by atoms with E-state index in [-0.39, 0.29) is 18.3 Å². The number of aromatic hydroxyl groups is 1. The van der Waals surface area contributed by atoms with Crippen molar-refractivity contribution in [3.63, 3.8) is 0 Å². The molecular weight excluding hydrogens is 278 g/mol. The molecule has 0 radical (unpaired) electrons. The molecule has 2 N–H and O–H groups in total. The number of rotatable bonds is 4. The zero-order chi connectivity index (χ0) is 15.4. The first-order valence-electron chi connectivity index (χ1n) is 7.55. The van der Waals surface area contributed by atoms with E-state index in [1.54, 1.807) is 18.2 Å². The monoisotopic (exact) mass is 297 g/mol. The molecule has 1 aliphatic rings. The van der Waals surface area contributed by atoms with Gasteiger partial charge in [-0.25, -0.2) is 0 Å². The van der Waals surface area contributed by atoms with Crippen LogP contribution in [0.25, 0.3) is 0 Å². The van der Waals surface area contributed by atoms with Crippen LogP contribution in [0.15, 0.2) is 42.5 Å². The van der Waals surface area contributed by atoms with Crippen LogP contribution < -0.4 is 10.1 Å². The molecule has 22 heavy (non-hydrogen) atoms. The van der Waals surface area contributed by atoms with Crippen molar-refractivity contribution in [3.05, 3.63) is 53.6 Å². The van der Waals surface area contributed by atoms with E-state index in [2.05, 4.69) is 11.4 Å². The first-order chi connectivity index (χ1) is 10.7. The van der Waals surface area contributed by atoms with Crippen molar-refractivity contribution in [2.75, 3.05) is 11.9 Å². The van der Waals surface area contributed by atoms with Gasteiger partial charge >= 0.3 is 0 Å². The molecule has 1 amide bonds. The van der Waals surface area contributed by atoms with Gasteiger partial charge in [0.2, 0.25) is 0 Å². The molecule has 4 nitrogen and oxygen atoms in total. The molecule has 0 bridgehead atoms. The molecule has 0 unspecified atom stereocenters. The van der Waals surface area contributed by atoms with Gasteiger partial charge in [-0.05, 0) is 55.0 Å². The van der Waals surface area contributed by atoms with Gasteiger partial charge in [0.1, 0.15) is 0 Å². The van der Waals surface area contributed by atoms with Crippen molar-refractivity contribution >= 4 is 11.6 Å². The fourth-order valence-electron chi connectivity index (χ4n) is 2.81. The highest BCUT2D eigenvalue weighted by Gasteiger charge is 2.14. The number of para-hydroxylation sites is 2. The molecule has 0 aliphatic heterocycles. The first kappa shape index (κ1) is 14.4. The number of amides is 1. The lowest BCUT2D eigenvalue weighted by Gasteiger charge is -2.19. The maximum atomic E-state index is 12.1. The smallest absolute Gasteiger partial charge is 0.262 e. The standard InChI is InChI=1S/C18H19NO3/c20-16-10-3-4-11-17(16)22-12-18(21)19-15-9-5-7-13-6-1-2-8-14(13)15/h3-5,7,9-11,20H,1-2,6,8,12H2,(H,19,21). The molecule has 0 atom stereocenters. The number of nitrogens with one attached hydrogen (secondary N) is 1. The number of phenolic OH excluding ortho intramolecular Hbond substituents is 1. The lowest BCUT2D eigenvalue weighted by molar-refractivity contribution is -0.118. The highest BCUT2D eigenvalue weighted by Crippen LogP contribution is 2.28. The van der Waals surface area contributed by atoms with E-state index in [4.69, 9.17) is 4.74 Å². The summed E-state index contributed by atoms with van der Waals surface area (Å²) in [5.74, 6) is 0.127. The number of ether oxygens (including phenoxy) is 1. The molecule has 4 heteroatoms. The highest BCUT2D eigenvalue weighted by atomic mass is 16.5. The van der Waals surface area contributed by atoms with E-state index >= 15 is 0 Å². The van der Waals surface area contributed by atoms with Gasteiger partial charge in [-0.1, -0.05) is 24.3 Å². The third-order valence-corrected chi connectivity index (χ3v) is 3.89. The number of hydrogen-bond acceptors (Lipinski definition) is 3. The van der Waals surface area contributed by atoms with Gasteiger partial charge < -0.3 is 15.2 Å².